The molecular formula is C33H44N4O11Si. The minimum absolute atomic E-state index is 0.0628. The molecule has 0 aromatic heterocycles. The number of nitro benzene ring substituents is 2. The Kier molecular flexibility index (Phi) is 11.6. The first-order valence-electron chi connectivity index (χ1n) is 16.1. The van der Waals surface area contributed by atoms with E-state index in [9.17, 15) is 34.6 Å². The van der Waals surface area contributed by atoms with E-state index in [0.29, 0.717) is 11.1 Å². The summed E-state index contributed by atoms with van der Waals surface area (Å²) in [6.45, 7) is 13.0. The summed E-state index contributed by atoms with van der Waals surface area (Å²) < 4.78 is 23.5. The van der Waals surface area contributed by atoms with Gasteiger partial charge in [0.15, 0.2) is 8.32 Å². The first-order valence-corrected chi connectivity index (χ1v) is 19.0. The van der Waals surface area contributed by atoms with Crippen molar-refractivity contribution in [2.24, 2.45) is 17.8 Å². The Hall–Kier alpha value is -4.57. The first-order chi connectivity index (χ1) is 22.9. The Bertz CT molecular complexity index is 1530. The van der Waals surface area contributed by atoms with Crippen molar-refractivity contribution in [1.82, 2.24) is 9.80 Å². The van der Waals surface area contributed by atoms with Gasteiger partial charge in [-0.2, -0.15) is 0 Å². The number of hydrogen-bond donors (Lipinski definition) is 0. The monoisotopic (exact) mass is 700 g/mol. The van der Waals surface area contributed by atoms with Crippen molar-refractivity contribution in [3.63, 3.8) is 0 Å². The number of nitrogens with zero attached hydrogens (tertiary/aromatic N) is 4. The molecule has 4 rings (SSSR count). The highest BCUT2D eigenvalue weighted by Crippen LogP contribution is 2.43. The lowest BCUT2D eigenvalue weighted by molar-refractivity contribution is -0.385. The summed E-state index contributed by atoms with van der Waals surface area (Å²) in [5.41, 5.74) is 1.06. The van der Waals surface area contributed by atoms with E-state index >= 15 is 0 Å². The minimum atomic E-state index is -2.34. The predicted molar refractivity (Wildman–Crippen MR) is 179 cm³/mol. The van der Waals surface area contributed by atoms with Gasteiger partial charge in [0, 0.05) is 69.2 Å². The maximum atomic E-state index is 13.4. The SMILES string of the molecule is CC(=O)OCC1CN(C(=O)OCc2ccc([N+](=O)[O-])cc2)CC1C1CN(C(=O)OCc2ccc([N+](=O)[O-])cc2)C[C@@H]1O[Si](C)(C)C(C)(C)C. The molecule has 266 valence electrons. The minimum Gasteiger partial charge on any atom is -0.465 e. The third-order valence-corrected chi connectivity index (χ3v) is 14.1. The van der Waals surface area contributed by atoms with Crippen molar-refractivity contribution < 1.29 is 42.9 Å². The zero-order valence-electron chi connectivity index (χ0n) is 28.7. The van der Waals surface area contributed by atoms with Crippen molar-refractivity contribution in [1.29, 1.82) is 0 Å². The van der Waals surface area contributed by atoms with Crippen molar-refractivity contribution in [3.8, 4) is 0 Å². The maximum Gasteiger partial charge on any atom is 0.410 e. The molecule has 0 bridgehead atoms. The van der Waals surface area contributed by atoms with E-state index in [2.05, 4.69) is 33.9 Å². The molecule has 0 aliphatic carbocycles. The number of amides is 2. The van der Waals surface area contributed by atoms with Crippen LogP contribution in [-0.4, -0.2) is 85.0 Å². The van der Waals surface area contributed by atoms with Gasteiger partial charge in [0.25, 0.3) is 11.4 Å². The highest BCUT2D eigenvalue weighted by Gasteiger charge is 2.51. The largest absolute Gasteiger partial charge is 0.465 e. The Morgan fingerprint density at radius 1 is 0.755 bits per heavy atom. The molecule has 16 heteroatoms. The zero-order chi connectivity index (χ0) is 36.1. The van der Waals surface area contributed by atoms with E-state index in [1.165, 1.54) is 55.5 Å². The van der Waals surface area contributed by atoms with Crippen LogP contribution < -0.4 is 0 Å². The van der Waals surface area contributed by atoms with Crippen LogP contribution in [0.5, 0.6) is 0 Å². The smallest absolute Gasteiger partial charge is 0.410 e. The number of likely N-dealkylation sites (tertiary alicyclic amines) is 2. The van der Waals surface area contributed by atoms with Gasteiger partial charge in [-0.3, -0.25) is 25.0 Å². The molecule has 2 heterocycles. The van der Waals surface area contributed by atoms with Crippen LogP contribution in [0.4, 0.5) is 21.0 Å². The zero-order valence-corrected chi connectivity index (χ0v) is 29.7. The number of carbonyl (C=O) groups is 3. The predicted octanol–water partition coefficient (Wildman–Crippen LogP) is 5.91. The summed E-state index contributed by atoms with van der Waals surface area (Å²) >= 11 is 0. The molecule has 0 spiro atoms. The summed E-state index contributed by atoms with van der Waals surface area (Å²) in [5, 5.41) is 21.8. The third kappa shape index (κ3) is 9.53. The quantitative estimate of drug-likeness (QED) is 0.0894. The highest BCUT2D eigenvalue weighted by molar-refractivity contribution is 6.74. The van der Waals surface area contributed by atoms with Crippen LogP contribution in [0.3, 0.4) is 0 Å². The lowest BCUT2D eigenvalue weighted by Crippen LogP contribution is -2.47. The molecule has 2 amide bonds. The van der Waals surface area contributed by atoms with Crippen LogP contribution in [0, 0.1) is 38.0 Å². The number of hydrogen-bond acceptors (Lipinski definition) is 11. The van der Waals surface area contributed by atoms with Gasteiger partial charge in [0.05, 0.1) is 22.6 Å². The number of ether oxygens (including phenoxy) is 3. The lowest BCUT2D eigenvalue weighted by atomic mass is 9.82. The van der Waals surface area contributed by atoms with E-state index in [-0.39, 0.29) is 86.3 Å². The normalized spacial score (nSPS) is 20.9. The van der Waals surface area contributed by atoms with E-state index < -0.39 is 36.3 Å². The molecule has 15 nitrogen and oxygen atoms in total. The van der Waals surface area contributed by atoms with Crippen molar-refractivity contribution in [2.75, 3.05) is 32.8 Å². The van der Waals surface area contributed by atoms with Crippen LogP contribution in [0.25, 0.3) is 0 Å². The van der Waals surface area contributed by atoms with Crippen molar-refractivity contribution >= 4 is 37.8 Å². The van der Waals surface area contributed by atoms with Gasteiger partial charge in [-0.25, -0.2) is 9.59 Å². The fourth-order valence-electron chi connectivity index (χ4n) is 5.87. The number of non-ortho nitro benzene ring substituents is 2. The summed E-state index contributed by atoms with van der Waals surface area (Å²) in [4.78, 5) is 62.6. The molecule has 49 heavy (non-hydrogen) atoms. The number of rotatable bonds is 11. The molecule has 0 saturated carbocycles. The molecule has 2 fully saturated rings. The molecule has 2 aliphatic heterocycles. The fourth-order valence-corrected chi connectivity index (χ4v) is 7.23. The third-order valence-electron chi connectivity index (χ3n) is 9.64. The average molecular weight is 701 g/mol. The first kappa shape index (κ1) is 37.2. The second-order valence-corrected chi connectivity index (χ2v) is 18.8. The standard InChI is InChI=1S/C33H44N4O11Si/c1-22(38)45-21-25-15-34(31(39)46-19-23-7-11-26(12-8-23)36(41)42)16-28(25)29-17-35(18-30(29)48-49(5,6)33(2,3)4)32(40)47-20-24-9-13-27(14-10-24)37(43)44/h7-14,25,28-30H,15-21H2,1-6H3/t25?,28?,29?,30-/m0/s1. The molecule has 2 saturated heterocycles. The number of benzene rings is 2. The van der Waals surface area contributed by atoms with Gasteiger partial charge in [-0.05, 0) is 59.4 Å². The van der Waals surface area contributed by atoms with Gasteiger partial charge in [-0.1, -0.05) is 20.8 Å². The highest BCUT2D eigenvalue weighted by atomic mass is 28.4. The lowest BCUT2D eigenvalue weighted by Gasteiger charge is -2.40. The number of esters is 1. The Morgan fingerprint density at radius 2 is 1.20 bits per heavy atom. The average Bonchev–Trinajstić information content (AvgIpc) is 3.65. The van der Waals surface area contributed by atoms with E-state index in [1.807, 2.05) is 0 Å². The topological polar surface area (TPSA) is 181 Å². The van der Waals surface area contributed by atoms with Crippen LogP contribution in [0.2, 0.25) is 18.1 Å². The number of carbonyl (C=O) groups excluding carboxylic acids is 3. The molecule has 0 radical (unpaired) electrons. The summed E-state index contributed by atoms with van der Waals surface area (Å²) in [7, 11) is -2.34. The molecule has 4 atom stereocenters. The Morgan fingerprint density at radius 3 is 1.63 bits per heavy atom. The van der Waals surface area contributed by atoms with Crippen LogP contribution in [-0.2, 0) is 36.6 Å². The second-order valence-electron chi connectivity index (χ2n) is 14.1. The summed E-state index contributed by atoms with van der Waals surface area (Å²) in [5.74, 6) is -1.15. The maximum absolute atomic E-state index is 13.4. The fraction of sp³-hybridized carbons (Fsp3) is 0.545. The molecule has 2 aliphatic rings. The van der Waals surface area contributed by atoms with Crippen molar-refractivity contribution in [3.05, 3.63) is 79.9 Å². The Labute approximate surface area is 285 Å². The van der Waals surface area contributed by atoms with Crippen LogP contribution >= 0.6 is 0 Å². The van der Waals surface area contributed by atoms with Crippen LogP contribution in [0.1, 0.15) is 38.8 Å². The van der Waals surface area contributed by atoms with Gasteiger partial charge >= 0.3 is 18.2 Å². The van der Waals surface area contributed by atoms with Crippen LogP contribution in [0.15, 0.2) is 48.5 Å². The van der Waals surface area contributed by atoms with Gasteiger partial charge in [0.2, 0.25) is 0 Å². The van der Waals surface area contributed by atoms with E-state index in [0.717, 1.165) is 0 Å². The molecule has 3 unspecified atom stereocenters. The molecule has 0 N–H and O–H groups in total. The number of nitro groups is 2. The van der Waals surface area contributed by atoms with E-state index in [1.54, 1.807) is 9.80 Å². The molecule has 2 aromatic rings. The van der Waals surface area contributed by atoms with E-state index in [4.69, 9.17) is 18.6 Å². The Balaban J connectivity index is 1.51. The second kappa shape index (κ2) is 15.3. The van der Waals surface area contributed by atoms with Gasteiger partial charge in [0.1, 0.15) is 13.2 Å². The van der Waals surface area contributed by atoms with Gasteiger partial charge in [-0.15, -0.1) is 0 Å². The van der Waals surface area contributed by atoms with Crippen molar-refractivity contribution in [2.45, 2.75) is 65.1 Å². The summed E-state index contributed by atoms with van der Waals surface area (Å²) in [6.07, 6.45) is -1.51. The molecule has 2 aromatic carbocycles. The summed E-state index contributed by atoms with van der Waals surface area (Å²) in [6, 6.07) is 11.5. The molecular weight excluding hydrogens is 656 g/mol. The van der Waals surface area contributed by atoms with Gasteiger partial charge < -0.3 is 28.4 Å².